The fourth-order valence-corrected chi connectivity index (χ4v) is 2.92. The fourth-order valence-electron chi connectivity index (χ4n) is 2.92. The van der Waals surface area contributed by atoms with Crippen molar-refractivity contribution >= 4 is 17.6 Å². The van der Waals surface area contributed by atoms with Crippen LogP contribution in [0.1, 0.15) is 43.5 Å². The van der Waals surface area contributed by atoms with E-state index in [2.05, 4.69) is 0 Å². The summed E-state index contributed by atoms with van der Waals surface area (Å²) in [7, 11) is 1.29. The van der Waals surface area contributed by atoms with Crippen LogP contribution in [0.2, 0.25) is 0 Å². The van der Waals surface area contributed by atoms with E-state index in [0.717, 1.165) is 11.0 Å². The van der Waals surface area contributed by atoms with Gasteiger partial charge in [0.1, 0.15) is 11.4 Å². The zero-order valence-corrected chi connectivity index (χ0v) is 15.4. The molecule has 0 aliphatic heterocycles. The number of allylic oxidation sites excluding steroid dienone is 2. The summed E-state index contributed by atoms with van der Waals surface area (Å²) in [6.45, 7) is 3.48. The number of nitrogens with zero attached hydrogens (tertiary/aromatic N) is 2. The minimum Gasteiger partial charge on any atom is -0.457 e. The molecule has 1 heterocycles. The van der Waals surface area contributed by atoms with Crippen LogP contribution in [0.4, 0.5) is 5.82 Å². The van der Waals surface area contributed by atoms with Gasteiger partial charge in [-0.25, -0.2) is 4.79 Å². The number of ether oxygens (including phenoxy) is 1. The third kappa shape index (κ3) is 4.12. The quantitative estimate of drug-likeness (QED) is 0.456. The largest absolute Gasteiger partial charge is 0.457 e. The van der Waals surface area contributed by atoms with Crippen LogP contribution in [0.15, 0.2) is 21.7 Å². The predicted octanol–water partition coefficient (Wildman–Crippen LogP) is 0.867. The third-order valence-corrected chi connectivity index (χ3v) is 4.36. The van der Waals surface area contributed by atoms with Crippen LogP contribution in [0.25, 0.3) is 0 Å². The van der Waals surface area contributed by atoms with E-state index in [0.29, 0.717) is 12.8 Å². The number of aromatic nitrogens is 2. The maximum absolute atomic E-state index is 12.5. The summed E-state index contributed by atoms with van der Waals surface area (Å²) >= 11 is 0. The van der Waals surface area contributed by atoms with Gasteiger partial charge < -0.3 is 10.5 Å². The highest BCUT2D eigenvalue weighted by Crippen LogP contribution is 2.19. The summed E-state index contributed by atoms with van der Waals surface area (Å²) in [5.41, 5.74) is 4.25. The van der Waals surface area contributed by atoms with Crippen LogP contribution in [0, 0.1) is 11.8 Å². The number of esters is 1. The summed E-state index contributed by atoms with van der Waals surface area (Å²) < 4.78 is 7.13. The smallest absolute Gasteiger partial charge is 0.332 e. The Morgan fingerprint density at radius 2 is 2.00 bits per heavy atom. The lowest BCUT2D eigenvalue weighted by atomic mass is 9.95. The minimum atomic E-state index is -0.783. The molecule has 0 fully saturated rings. The molecule has 0 amide bonds. The Kier molecular flexibility index (Phi) is 6.18. The number of nitrogen functional groups attached to an aromatic ring is 1. The normalized spacial score (nSPS) is 16.7. The van der Waals surface area contributed by atoms with Crippen molar-refractivity contribution < 1.29 is 14.3 Å². The number of rotatable bonds is 6. The molecule has 2 N–H and O–H groups in total. The van der Waals surface area contributed by atoms with Crippen LogP contribution in [0.3, 0.4) is 0 Å². The Morgan fingerprint density at radius 3 is 2.58 bits per heavy atom. The molecule has 26 heavy (non-hydrogen) atoms. The van der Waals surface area contributed by atoms with Crippen LogP contribution in [0.5, 0.6) is 0 Å². The molecule has 0 radical (unpaired) electrons. The van der Waals surface area contributed by atoms with Crippen molar-refractivity contribution in [2.45, 2.75) is 39.7 Å². The number of Topliss-reactive ketones (excluding diaryl/α,β-unsaturated/α-hetero) is 1. The van der Waals surface area contributed by atoms with Gasteiger partial charge in [-0.2, -0.15) is 0 Å². The molecule has 1 atom stereocenters. The van der Waals surface area contributed by atoms with E-state index in [1.54, 1.807) is 0 Å². The topological polar surface area (TPSA) is 113 Å². The Hall–Kier alpha value is -2.64. The predicted molar refractivity (Wildman–Crippen MR) is 97.0 cm³/mol. The first-order chi connectivity index (χ1) is 12.2. The molecule has 0 spiro atoms. The van der Waals surface area contributed by atoms with Gasteiger partial charge in [0.15, 0.2) is 6.61 Å². The van der Waals surface area contributed by atoms with E-state index in [1.165, 1.54) is 11.6 Å². The summed E-state index contributed by atoms with van der Waals surface area (Å²) in [5, 5.41) is 0. The van der Waals surface area contributed by atoms with Crippen molar-refractivity contribution in [3.05, 3.63) is 38.6 Å². The zero-order valence-electron chi connectivity index (χ0n) is 15.4. The second-order valence-corrected chi connectivity index (χ2v) is 6.92. The van der Waals surface area contributed by atoms with Crippen LogP contribution in [-0.2, 0) is 23.1 Å². The van der Waals surface area contributed by atoms with Gasteiger partial charge in [0.05, 0.1) is 5.92 Å². The molecule has 8 nitrogen and oxygen atoms in total. The minimum absolute atomic E-state index is 0.0904. The van der Waals surface area contributed by atoms with E-state index >= 15 is 0 Å². The van der Waals surface area contributed by atoms with Gasteiger partial charge >= 0.3 is 11.7 Å². The standard InChI is InChI=1S/C18H25N3O5/c1-11(2)9-21-15(19)14(16(23)20(3)18(21)25)13(22)10-26-17(24)12-7-5-4-6-8-12/h4-5,11-12H,6-10,19H2,1-3H3/t12-/m0/s1. The van der Waals surface area contributed by atoms with Crippen LogP contribution in [-0.4, -0.2) is 27.5 Å². The van der Waals surface area contributed by atoms with Gasteiger partial charge in [-0.3, -0.25) is 23.5 Å². The number of carbonyl (C=O) groups excluding carboxylic acids is 2. The SMILES string of the molecule is CC(C)Cn1c(N)c(C(=O)COC(=O)[C@H]2CC=CCC2)c(=O)n(C)c1=O. The van der Waals surface area contributed by atoms with Gasteiger partial charge in [0.2, 0.25) is 5.78 Å². The summed E-state index contributed by atoms with van der Waals surface area (Å²) in [5.74, 6) is -1.54. The maximum Gasteiger partial charge on any atom is 0.332 e. The Morgan fingerprint density at radius 1 is 1.31 bits per heavy atom. The number of anilines is 1. The summed E-state index contributed by atoms with van der Waals surface area (Å²) in [4.78, 5) is 49.1. The number of hydrogen-bond acceptors (Lipinski definition) is 6. The zero-order chi connectivity index (χ0) is 19.4. The maximum atomic E-state index is 12.5. The fraction of sp³-hybridized carbons (Fsp3) is 0.556. The van der Waals surface area contributed by atoms with Gasteiger partial charge in [-0.1, -0.05) is 26.0 Å². The molecule has 1 aliphatic rings. The Bertz CT molecular complexity index is 848. The average molecular weight is 363 g/mol. The lowest BCUT2D eigenvalue weighted by molar-refractivity contribution is -0.147. The van der Waals surface area contributed by atoms with Gasteiger partial charge in [0, 0.05) is 13.6 Å². The van der Waals surface area contributed by atoms with E-state index in [4.69, 9.17) is 10.5 Å². The Labute approximate surface area is 151 Å². The molecule has 1 aliphatic carbocycles. The molecule has 2 rings (SSSR count). The molecule has 0 saturated carbocycles. The van der Waals surface area contributed by atoms with Crippen molar-refractivity contribution in [3.63, 3.8) is 0 Å². The number of nitrogens with two attached hydrogens (primary N) is 1. The van der Waals surface area contributed by atoms with Gasteiger partial charge in [-0.15, -0.1) is 0 Å². The number of carbonyl (C=O) groups is 2. The lowest BCUT2D eigenvalue weighted by Crippen LogP contribution is -2.43. The highest BCUT2D eigenvalue weighted by molar-refractivity contribution is 6.01. The molecule has 1 aromatic rings. The van der Waals surface area contributed by atoms with Crippen molar-refractivity contribution in [1.29, 1.82) is 0 Å². The van der Waals surface area contributed by atoms with Crippen LogP contribution < -0.4 is 17.0 Å². The molecule has 142 valence electrons. The first kappa shape index (κ1) is 19.7. The molecular weight excluding hydrogens is 338 g/mol. The molecule has 8 heteroatoms. The van der Waals surface area contributed by atoms with Gasteiger partial charge in [0.25, 0.3) is 5.56 Å². The number of hydrogen-bond donors (Lipinski definition) is 1. The van der Waals surface area contributed by atoms with E-state index in [1.807, 2.05) is 26.0 Å². The van der Waals surface area contributed by atoms with E-state index < -0.39 is 29.6 Å². The monoisotopic (exact) mass is 363 g/mol. The third-order valence-electron chi connectivity index (χ3n) is 4.36. The molecular formula is C18H25N3O5. The Balaban J connectivity index is 2.24. The molecule has 1 aromatic heterocycles. The number of ketones is 1. The van der Waals surface area contributed by atoms with Gasteiger partial charge in [-0.05, 0) is 25.2 Å². The second kappa shape index (κ2) is 8.16. The summed E-state index contributed by atoms with van der Waals surface area (Å²) in [6, 6.07) is 0. The lowest BCUT2D eigenvalue weighted by Gasteiger charge is -2.17. The molecule has 0 unspecified atom stereocenters. The van der Waals surface area contributed by atoms with Crippen molar-refractivity contribution in [1.82, 2.24) is 9.13 Å². The molecule has 0 aromatic carbocycles. The van der Waals surface area contributed by atoms with Crippen LogP contribution >= 0.6 is 0 Å². The first-order valence-corrected chi connectivity index (χ1v) is 8.68. The van der Waals surface area contributed by atoms with E-state index in [9.17, 15) is 19.2 Å². The molecule has 0 bridgehead atoms. The van der Waals surface area contributed by atoms with Crippen molar-refractivity contribution in [2.75, 3.05) is 12.3 Å². The van der Waals surface area contributed by atoms with Crippen molar-refractivity contribution in [3.8, 4) is 0 Å². The highest BCUT2D eigenvalue weighted by Gasteiger charge is 2.25. The van der Waals surface area contributed by atoms with Crippen molar-refractivity contribution in [2.24, 2.45) is 18.9 Å². The molecule has 0 saturated heterocycles. The average Bonchev–Trinajstić information content (AvgIpc) is 2.62. The summed E-state index contributed by atoms with van der Waals surface area (Å²) in [6.07, 6.45) is 5.95. The first-order valence-electron chi connectivity index (χ1n) is 8.68. The highest BCUT2D eigenvalue weighted by atomic mass is 16.5. The van der Waals surface area contributed by atoms with E-state index in [-0.39, 0.29) is 29.8 Å². The second-order valence-electron chi connectivity index (χ2n) is 6.92.